The number of H-pyrrole nitrogens is 1. The van der Waals surface area contributed by atoms with Crippen LogP contribution in [-0.2, 0) is 13.6 Å². The summed E-state index contributed by atoms with van der Waals surface area (Å²) in [4.78, 5) is 30.2. The maximum Gasteiger partial charge on any atom is 0.329 e. The number of aromatic nitrogens is 4. The molecule has 2 heterocycles. The molecule has 6 nitrogen and oxygen atoms in total. The Hall–Kier alpha value is -2.44. The standard InChI is InChI=1S/C14H13ClN4O2/c1-3-4-9-19-10(7-5-6-8-15)16-12-11(19)13(20)17-14(21)18(12)2/h6,8-9H2,1-2H3,(H,17,20,21). The molecule has 2 aromatic rings. The highest BCUT2D eigenvalue weighted by molar-refractivity contribution is 6.18. The molecule has 0 atom stereocenters. The molecule has 1 N–H and O–H groups in total. The van der Waals surface area contributed by atoms with Crippen LogP contribution in [0.5, 0.6) is 0 Å². The molecule has 0 radical (unpaired) electrons. The van der Waals surface area contributed by atoms with Crippen LogP contribution in [-0.4, -0.2) is 25.0 Å². The first-order chi connectivity index (χ1) is 10.1. The second-order valence-electron chi connectivity index (χ2n) is 4.18. The number of aryl methyl sites for hydroxylation is 1. The minimum absolute atomic E-state index is 0.277. The van der Waals surface area contributed by atoms with Gasteiger partial charge >= 0.3 is 5.69 Å². The van der Waals surface area contributed by atoms with Crippen molar-refractivity contribution in [2.24, 2.45) is 7.05 Å². The predicted octanol–water partition coefficient (Wildman–Crippen LogP) is 0.427. The lowest BCUT2D eigenvalue weighted by molar-refractivity contribution is 0.821. The van der Waals surface area contributed by atoms with E-state index in [2.05, 4.69) is 33.6 Å². The maximum absolute atomic E-state index is 12.0. The first-order valence-corrected chi connectivity index (χ1v) is 6.77. The van der Waals surface area contributed by atoms with Crippen molar-refractivity contribution in [1.29, 1.82) is 0 Å². The van der Waals surface area contributed by atoms with Gasteiger partial charge in [-0.05, 0) is 12.8 Å². The third kappa shape index (κ3) is 2.86. The summed E-state index contributed by atoms with van der Waals surface area (Å²) in [6.07, 6.45) is 0.513. The molecule has 0 bridgehead atoms. The molecule has 0 amide bonds. The normalized spacial score (nSPS) is 9.86. The van der Waals surface area contributed by atoms with E-state index in [-0.39, 0.29) is 17.7 Å². The van der Waals surface area contributed by atoms with E-state index in [1.807, 2.05) is 0 Å². The van der Waals surface area contributed by atoms with Gasteiger partial charge in [-0.2, -0.15) is 0 Å². The quantitative estimate of drug-likeness (QED) is 0.646. The summed E-state index contributed by atoms with van der Waals surface area (Å²) in [7, 11) is 1.54. The topological polar surface area (TPSA) is 72.7 Å². The molecule has 0 unspecified atom stereocenters. The third-order valence-corrected chi connectivity index (χ3v) is 3.03. The van der Waals surface area contributed by atoms with Crippen LogP contribution in [0, 0.1) is 23.7 Å². The van der Waals surface area contributed by atoms with Crippen LogP contribution < -0.4 is 11.2 Å². The van der Waals surface area contributed by atoms with Crippen molar-refractivity contribution in [1.82, 2.24) is 19.1 Å². The zero-order chi connectivity index (χ0) is 15.4. The van der Waals surface area contributed by atoms with Crippen molar-refractivity contribution in [3.05, 3.63) is 26.7 Å². The van der Waals surface area contributed by atoms with Gasteiger partial charge in [0.25, 0.3) is 5.56 Å². The third-order valence-electron chi connectivity index (χ3n) is 2.84. The Morgan fingerprint density at radius 3 is 2.76 bits per heavy atom. The molecule has 0 fully saturated rings. The number of fused-ring (bicyclic) bond motifs is 1. The van der Waals surface area contributed by atoms with Crippen molar-refractivity contribution in [3.63, 3.8) is 0 Å². The van der Waals surface area contributed by atoms with E-state index < -0.39 is 11.2 Å². The van der Waals surface area contributed by atoms with Crippen LogP contribution in [0.2, 0.25) is 0 Å². The molecular weight excluding hydrogens is 292 g/mol. The SMILES string of the molecule is CC#CCn1c(C#CCCCl)nc2c1c(=O)[nH]c(=O)n2C. The highest BCUT2D eigenvalue weighted by Crippen LogP contribution is 2.09. The lowest BCUT2D eigenvalue weighted by atomic mass is 10.4. The van der Waals surface area contributed by atoms with Gasteiger partial charge in [0.2, 0.25) is 0 Å². The van der Waals surface area contributed by atoms with E-state index in [0.29, 0.717) is 18.1 Å². The van der Waals surface area contributed by atoms with E-state index in [4.69, 9.17) is 11.6 Å². The Morgan fingerprint density at radius 2 is 2.10 bits per heavy atom. The van der Waals surface area contributed by atoms with E-state index in [1.165, 1.54) is 4.57 Å². The molecule has 0 aliphatic carbocycles. The van der Waals surface area contributed by atoms with Gasteiger partial charge in [0.15, 0.2) is 17.0 Å². The first kappa shape index (κ1) is 15.0. The molecule has 108 valence electrons. The van der Waals surface area contributed by atoms with E-state index in [0.717, 1.165) is 0 Å². The minimum Gasteiger partial charge on any atom is -0.300 e. The summed E-state index contributed by atoms with van der Waals surface area (Å²) >= 11 is 5.59. The van der Waals surface area contributed by atoms with E-state index in [9.17, 15) is 9.59 Å². The number of rotatable bonds is 2. The fraction of sp³-hybridized carbons (Fsp3) is 0.357. The molecular formula is C14H13ClN4O2. The van der Waals surface area contributed by atoms with Crippen molar-refractivity contribution in [3.8, 4) is 23.7 Å². The number of nitrogens with one attached hydrogen (secondary N) is 1. The number of nitrogens with zero attached hydrogens (tertiary/aromatic N) is 3. The Morgan fingerprint density at radius 1 is 1.33 bits per heavy atom. The van der Waals surface area contributed by atoms with Crippen molar-refractivity contribution in [2.45, 2.75) is 19.9 Å². The molecule has 0 saturated heterocycles. The van der Waals surface area contributed by atoms with Gasteiger partial charge in [-0.15, -0.1) is 17.5 Å². The van der Waals surface area contributed by atoms with E-state index in [1.54, 1.807) is 18.5 Å². The number of halogens is 1. The van der Waals surface area contributed by atoms with Gasteiger partial charge in [-0.25, -0.2) is 9.78 Å². The molecule has 2 aromatic heterocycles. The van der Waals surface area contributed by atoms with Crippen LogP contribution in [0.4, 0.5) is 0 Å². The summed E-state index contributed by atoms with van der Waals surface area (Å²) in [5, 5.41) is 0. The van der Waals surface area contributed by atoms with Crippen molar-refractivity contribution >= 4 is 22.8 Å². The van der Waals surface area contributed by atoms with Gasteiger partial charge < -0.3 is 0 Å². The number of imidazole rings is 1. The van der Waals surface area contributed by atoms with Crippen LogP contribution in [0.25, 0.3) is 11.2 Å². The summed E-state index contributed by atoms with van der Waals surface area (Å²) in [6, 6.07) is 0. The summed E-state index contributed by atoms with van der Waals surface area (Å²) in [5.74, 6) is 12.2. The molecule has 21 heavy (non-hydrogen) atoms. The Balaban J connectivity index is 2.79. The highest BCUT2D eigenvalue weighted by atomic mass is 35.5. The molecule has 0 spiro atoms. The van der Waals surface area contributed by atoms with Crippen LogP contribution >= 0.6 is 11.6 Å². The lowest BCUT2D eigenvalue weighted by Gasteiger charge is -2.00. The summed E-state index contributed by atoms with van der Waals surface area (Å²) in [5.41, 5.74) is -0.435. The number of hydrogen-bond acceptors (Lipinski definition) is 3. The van der Waals surface area contributed by atoms with Crippen molar-refractivity contribution in [2.75, 3.05) is 5.88 Å². The summed E-state index contributed by atoms with van der Waals surface area (Å²) in [6.45, 7) is 1.98. The van der Waals surface area contributed by atoms with Gasteiger partial charge in [-0.1, -0.05) is 11.8 Å². The molecule has 0 aliphatic heterocycles. The Bertz CT molecular complexity index is 912. The van der Waals surface area contributed by atoms with Gasteiger partial charge in [0.05, 0.1) is 6.54 Å². The Kier molecular flexibility index (Phi) is 4.52. The first-order valence-electron chi connectivity index (χ1n) is 6.24. The molecule has 0 saturated carbocycles. The maximum atomic E-state index is 12.0. The molecule has 2 rings (SSSR count). The average Bonchev–Trinajstić information content (AvgIpc) is 2.82. The zero-order valence-corrected chi connectivity index (χ0v) is 12.4. The van der Waals surface area contributed by atoms with Crippen molar-refractivity contribution < 1.29 is 0 Å². The summed E-state index contributed by atoms with van der Waals surface area (Å²) < 4.78 is 2.88. The van der Waals surface area contributed by atoms with E-state index >= 15 is 0 Å². The molecule has 0 aliphatic rings. The largest absolute Gasteiger partial charge is 0.329 e. The van der Waals surface area contributed by atoms with Crippen LogP contribution in [0.1, 0.15) is 19.2 Å². The number of alkyl halides is 1. The lowest BCUT2D eigenvalue weighted by Crippen LogP contribution is -2.29. The monoisotopic (exact) mass is 304 g/mol. The van der Waals surface area contributed by atoms with Crippen LogP contribution in [0.15, 0.2) is 9.59 Å². The number of aromatic amines is 1. The highest BCUT2D eigenvalue weighted by Gasteiger charge is 2.15. The van der Waals surface area contributed by atoms with Gasteiger partial charge in [0.1, 0.15) is 0 Å². The average molecular weight is 305 g/mol. The zero-order valence-electron chi connectivity index (χ0n) is 11.7. The number of hydrogen-bond donors (Lipinski definition) is 1. The Labute approximate surface area is 125 Å². The predicted molar refractivity (Wildman–Crippen MR) is 81.3 cm³/mol. The van der Waals surface area contributed by atoms with Gasteiger partial charge in [0, 0.05) is 19.3 Å². The smallest absolute Gasteiger partial charge is 0.300 e. The second-order valence-corrected chi connectivity index (χ2v) is 4.56. The minimum atomic E-state index is -0.515. The molecule has 0 aromatic carbocycles. The van der Waals surface area contributed by atoms with Crippen LogP contribution in [0.3, 0.4) is 0 Å². The second kappa shape index (κ2) is 6.34. The van der Waals surface area contributed by atoms with Gasteiger partial charge in [-0.3, -0.25) is 18.9 Å². The molecule has 7 heteroatoms. The fourth-order valence-electron chi connectivity index (χ4n) is 1.83. The fourth-order valence-corrected chi connectivity index (χ4v) is 1.93.